The Morgan fingerprint density at radius 3 is 1.74 bits per heavy atom. The van der Waals surface area contributed by atoms with E-state index in [9.17, 15) is 19.2 Å². The number of hydrogen-bond donors (Lipinski definition) is 5. The van der Waals surface area contributed by atoms with Crippen LogP contribution in [0.25, 0.3) is 0 Å². The van der Waals surface area contributed by atoms with Gasteiger partial charge >= 0.3 is 23.9 Å². The molecule has 1 aliphatic rings. The fraction of sp³-hybridized carbons (Fsp3) is 0.308. The van der Waals surface area contributed by atoms with Gasteiger partial charge in [0.2, 0.25) is 0 Å². The Balaban J connectivity index is 3.51. The molecule has 0 bridgehead atoms. The second-order valence-electron chi connectivity index (χ2n) is 4.61. The summed E-state index contributed by atoms with van der Waals surface area (Å²) in [5.41, 5.74) is 2.12. The van der Waals surface area contributed by atoms with Gasteiger partial charge in [0.15, 0.2) is 0 Å². The zero-order valence-corrected chi connectivity index (χ0v) is 11.8. The Morgan fingerprint density at radius 2 is 1.26 bits per heavy atom. The van der Waals surface area contributed by atoms with E-state index >= 15 is 0 Å². The van der Waals surface area contributed by atoms with Crippen LogP contribution in [0.15, 0.2) is 27.5 Å². The summed E-state index contributed by atoms with van der Waals surface area (Å²) in [6, 6.07) is 0. The molecule has 0 amide bonds. The fourth-order valence-electron chi connectivity index (χ4n) is 2.06. The average molecular weight is 326 g/mol. The average Bonchev–Trinajstić information content (AvgIpc) is 2.51. The third-order valence-corrected chi connectivity index (χ3v) is 2.86. The molecule has 1 aliphatic heterocycles. The number of carbonyl (C=O) groups is 4. The molecule has 5 N–H and O–H groups in total. The van der Waals surface area contributed by atoms with Gasteiger partial charge in [-0.05, 0) is 16.7 Å². The first-order chi connectivity index (χ1) is 10.7. The number of nitrogens with zero attached hydrogens (tertiary/aromatic N) is 1. The molecule has 1 rings (SSSR count). The summed E-state index contributed by atoms with van der Waals surface area (Å²) in [7, 11) is 0. The molecule has 0 aliphatic carbocycles. The van der Waals surface area contributed by atoms with Crippen LogP contribution in [0.2, 0.25) is 0 Å². The Morgan fingerprint density at radius 1 is 0.783 bits per heavy atom. The maximum absolute atomic E-state index is 11.0. The normalized spacial score (nSPS) is 14.3. The van der Waals surface area contributed by atoms with Gasteiger partial charge in [-0.25, -0.2) is 0 Å². The molecule has 0 spiro atoms. The predicted molar refractivity (Wildman–Crippen MR) is 74.7 cm³/mol. The highest BCUT2D eigenvalue weighted by Crippen LogP contribution is 2.28. The molecule has 0 aromatic rings. The van der Waals surface area contributed by atoms with E-state index in [1.54, 1.807) is 0 Å². The van der Waals surface area contributed by atoms with E-state index in [0.29, 0.717) is 0 Å². The minimum atomic E-state index is -1.32. The van der Waals surface area contributed by atoms with Gasteiger partial charge in [0.1, 0.15) is 0 Å². The third kappa shape index (κ3) is 5.61. The lowest BCUT2D eigenvalue weighted by Gasteiger charge is -2.14. The summed E-state index contributed by atoms with van der Waals surface area (Å²) in [5, 5.41) is 39.4. The van der Waals surface area contributed by atoms with Crippen LogP contribution < -0.4 is 5.43 Å². The van der Waals surface area contributed by atoms with E-state index in [2.05, 4.69) is 10.5 Å². The highest BCUT2D eigenvalue weighted by Gasteiger charge is 2.24. The van der Waals surface area contributed by atoms with Crippen molar-refractivity contribution in [1.82, 2.24) is 5.43 Å². The van der Waals surface area contributed by atoms with E-state index in [4.69, 9.17) is 20.4 Å². The van der Waals surface area contributed by atoms with E-state index in [-0.39, 0.29) is 22.4 Å². The SMILES string of the molecule is O=C(O)CC1=C(CC(=O)O)C(CC(=O)O)=C(CC(=O)O)NN=C1. The zero-order valence-electron chi connectivity index (χ0n) is 11.8. The smallest absolute Gasteiger partial charge is 0.309 e. The molecular weight excluding hydrogens is 312 g/mol. The van der Waals surface area contributed by atoms with Crippen LogP contribution in [0.5, 0.6) is 0 Å². The minimum Gasteiger partial charge on any atom is -0.481 e. The number of aliphatic carboxylic acids is 4. The van der Waals surface area contributed by atoms with Crippen molar-refractivity contribution < 1.29 is 39.6 Å². The molecule has 0 aromatic heterocycles. The Labute approximate surface area is 129 Å². The maximum Gasteiger partial charge on any atom is 0.309 e. The van der Waals surface area contributed by atoms with Crippen molar-refractivity contribution in [3.63, 3.8) is 0 Å². The first kappa shape index (κ1) is 17.9. The second-order valence-corrected chi connectivity index (χ2v) is 4.61. The summed E-state index contributed by atoms with van der Waals surface area (Å²) >= 11 is 0. The van der Waals surface area contributed by atoms with Crippen molar-refractivity contribution in [3.8, 4) is 0 Å². The summed E-state index contributed by atoms with van der Waals surface area (Å²) in [5.74, 6) is -5.16. The van der Waals surface area contributed by atoms with E-state index in [1.165, 1.54) is 0 Å². The first-order valence-corrected chi connectivity index (χ1v) is 6.31. The number of carboxylic acids is 4. The molecule has 0 fully saturated rings. The van der Waals surface area contributed by atoms with Crippen molar-refractivity contribution in [2.24, 2.45) is 5.10 Å². The molecule has 10 heteroatoms. The van der Waals surface area contributed by atoms with Gasteiger partial charge in [0.05, 0.1) is 31.9 Å². The molecular formula is C13H14N2O8. The van der Waals surface area contributed by atoms with Crippen LogP contribution in [0, 0.1) is 0 Å². The highest BCUT2D eigenvalue weighted by molar-refractivity contribution is 5.91. The topological polar surface area (TPSA) is 174 Å². The van der Waals surface area contributed by atoms with Gasteiger partial charge in [0.25, 0.3) is 0 Å². The molecule has 10 nitrogen and oxygen atoms in total. The number of hydrazone groups is 1. The van der Waals surface area contributed by atoms with Crippen molar-refractivity contribution in [2.75, 3.05) is 0 Å². The van der Waals surface area contributed by atoms with Crippen LogP contribution in [-0.4, -0.2) is 50.5 Å². The predicted octanol–water partition coefficient (Wildman–Crippen LogP) is 0.0249. The standard InChI is InChI=1S/C13H14N2O8/c16-10(17)1-6-5-14-15-9(4-13(22)23)8(3-12(20)21)7(6)2-11(18)19/h5,15H,1-4H2,(H,16,17)(H,18,19)(H,20,21)(H,22,23). The number of carboxylic acid groups (broad SMARTS) is 4. The van der Waals surface area contributed by atoms with Crippen molar-refractivity contribution in [3.05, 3.63) is 22.4 Å². The lowest BCUT2D eigenvalue weighted by atomic mass is 9.91. The molecule has 1 heterocycles. The molecule has 0 radical (unpaired) electrons. The summed E-state index contributed by atoms with van der Waals surface area (Å²) in [4.78, 5) is 43.9. The van der Waals surface area contributed by atoms with Crippen molar-refractivity contribution in [2.45, 2.75) is 25.7 Å². The van der Waals surface area contributed by atoms with Gasteiger partial charge in [-0.3, -0.25) is 24.6 Å². The quantitative estimate of drug-likeness (QED) is 0.412. The van der Waals surface area contributed by atoms with Crippen LogP contribution in [0.1, 0.15) is 25.7 Å². The molecule has 0 saturated carbocycles. The van der Waals surface area contributed by atoms with Crippen LogP contribution in [0.4, 0.5) is 0 Å². The van der Waals surface area contributed by atoms with Crippen LogP contribution in [0.3, 0.4) is 0 Å². The van der Waals surface area contributed by atoms with Crippen molar-refractivity contribution in [1.29, 1.82) is 0 Å². The number of nitrogens with one attached hydrogen (secondary N) is 1. The highest BCUT2D eigenvalue weighted by atomic mass is 16.4. The summed E-state index contributed by atoms with van der Waals surface area (Å²) in [6.45, 7) is 0. The monoisotopic (exact) mass is 326 g/mol. The maximum atomic E-state index is 11.0. The van der Waals surface area contributed by atoms with Crippen molar-refractivity contribution >= 4 is 30.1 Å². The van der Waals surface area contributed by atoms with E-state index in [0.717, 1.165) is 6.21 Å². The van der Waals surface area contributed by atoms with Gasteiger partial charge in [-0.1, -0.05) is 0 Å². The minimum absolute atomic E-state index is 0.00374. The Kier molecular flexibility index (Phi) is 6.01. The number of rotatable bonds is 8. The van der Waals surface area contributed by atoms with Gasteiger partial charge < -0.3 is 20.4 Å². The third-order valence-electron chi connectivity index (χ3n) is 2.86. The zero-order chi connectivity index (χ0) is 17.6. The molecule has 23 heavy (non-hydrogen) atoms. The largest absolute Gasteiger partial charge is 0.481 e. The van der Waals surface area contributed by atoms with Crippen LogP contribution in [-0.2, 0) is 19.2 Å². The first-order valence-electron chi connectivity index (χ1n) is 6.31. The number of hydrogen-bond acceptors (Lipinski definition) is 6. The Hall–Kier alpha value is -3.17. The molecule has 0 saturated heterocycles. The molecule has 0 atom stereocenters. The van der Waals surface area contributed by atoms with Gasteiger partial charge in [-0.2, -0.15) is 5.10 Å². The fourth-order valence-corrected chi connectivity index (χ4v) is 2.06. The molecule has 0 unspecified atom stereocenters. The lowest BCUT2D eigenvalue weighted by molar-refractivity contribution is -0.138. The lowest BCUT2D eigenvalue weighted by Crippen LogP contribution is -2.16. The Bertz CT molecular complexity index is 644. The van der Waals surface area contributed by atoms with Gasteiger partial charge in [-0.15, -0.1) is 0 Å². The summed E-state index contributed by atoms with van der Waals surface area (Å²) in [6.07, 6.45) is -1.43. The van der Waals surface area contributed by atoms with Gasteiger partial charge in [0, 0.05) is 5.70 Å². The molecule has 124 valence electrons. The molecule has 0 aromatic carbocycles. The van der Waals surface area contributed by atoms with E-state index in [1.807, 2.05) is 0 Å². The van der Waals surface area contributed by atoms with Crippen LogP contribution >= 0.6 is 0 Å². The van der Waals surface area contributed by atoms with E-state index < -0.39 is 49.6 Å². The second kappa shape index (κ2) is 7.73. The summed E-state index contributed by atoms with van der Waals surface area (Å²) < 4.78 is 0.